The maximum atomic E-state index is 11.8. The van der Waals surface area contributed by atoms with Crippen LogP contribution >= 0.6 is 12.4 Å². The Kier molecular flexibility index (Phi) is 7.89. The third kappa shape index (κ3) is 4.88. The van der Waals surface area contributed by atoms with E-state index in [4.69, 9.17) is 5.41 Å². The fourth-order valence-electron chi connectivity index (χ4n) is 1.89. The summed E-state index contributed by atoms with van der Waals surface area (Å²) in [6.07, 6.45) is 1.10. The number of hydrogen-bond donors (Lipinski definition) is 4. The number of non-ortho nitro benzene ring substituents is 1. The van der Waals surface area contributed by atoms with Crippen LogP contribution in [0.25, 0.3) is 0 Å². The van der Waals surface area contributed by atoms with E-state index in [1.807, 2.05) is 13.8 Å². The van der Waals surface area contributed by atoms with Crippen LogP contribution < -0.4 is 16.0 Å². The number of amides is 2. The zero-order valence-corrected chi connectivity index (χ0v) is 13.5. The van der Waals surface area contributed by atoms with Crippen LogP contribution in [0.15, 0.2) is 12.1 Å². The first-order chi connectivity index (χ1) is 9.92. The van der Waals surface area contributed by atoms with Gasteiger partial charge < -0.3 is 10.6 Å². The molecule has 2 amide bonds. The summed E-state index contributed by atoms with van der Waals surface area (Å²) in [4.78, 5) is 22.3. The Morgan fingerprint density at radius 2 is 1.77 bits per heavy atom. The Balaban J connectivity index is 0.00000441. The van der Waals surface area contributed by atoms with E-state index >= 15 is 0 Å². The van der Waals surface area contributed by atoms with E-state index in [0.29, 0.717) is 29.7 Å². The van der Waals surface area contributed by atoms with Gasteiger partial charge in [0, 0.05) is 24.9 Å². The van der Waals surface area contributed by atoms with Gasteiger partial charge >= 0.3 is 6.03 Å². The molecule has 0 atom stereocenters. The smallest absolute Gasteiger partial charge is 0.326 e. The molecular formula is C13H20ClN5O3. The van der Waals surface area contributed by atoms with Crippen LogP contribution in [0.1, 0.15) is 25.0 Å². The van der Waals surface area contributed by atoms with E-state index in [9.17, 15) is 14.9 Å². The molecule has 1 rings (SSSR count). The summed E-state index contributed by atoms with van der Waals surface area (Å²) < 4.78 is 0. The van der Waals surface area contributed by atoms with Crippen molar-refractivity contribution in [3.63, 3.8) is 0 Å². The fraction of sp³-hybridized carbons (Fsp3) is 0.385. The molecule has 0 aliphatic heterocycles. The van der Waals surface area contributed by atoms with Crippen molar-refractivity contribution in [1.82, 2.24) is 10.6 Å². The first kappa shape index (κ1) is 19.7. The first-order valence-electron chi connectivity index (χ1n) is 6.57. The lowest BCUT2D eigenvalue weighted by atomic mass is 10.0. The van der Waals surface area contributed by atoms with Crippen molar-refractivity contribution < 1.29 is 9.72 Å². The van der Waals surface area contributed by atoms with E-state index in [-0.39, 0.29) is 24.1 Å². The molecule has 0 radical (unpaired) electrons. The maximum absolute atomic E-state index is 11.8. The SMILES string of the molecule is CCc1cc([N+](=O)[O-])cc(CC)c1NC(=O)NC(=N)NC.Cl. The molecular weight excluding hydrogens is 310 g/mol. The Labute approximate surface area is 134 Å². The van der Waals surface area contributed by atoms with Gasteiger partial charge in [0.2, 0.25) is 0 Å². The molecule has 0 unspecified atom stereocenters. The number of carbonyl (C=O) groups is 1. The molecule has 9 heteroatoms. The van der Waals surface area contributed by atoms with Crippen molar-refractivity contribution in [1.29, 1.82) is 5.41 Å². The highest BCUT2D eigenvalue weighted by Gasteiger charge is 2.16. The summed E-state index contributed by atoms with van der Waals surface area (Å²) >= 11 is 0. The van der Waals surface area contributed by atoms with Crippen molar-refractivity contribution >= 4 is 35.8 Å². The van der Waals surface area contributed by atoms with Gasteiger partial charge in [0.25, 0.3) is 5.69 Å². The third-order valence-electron chi connectivity index (χ3n) is 2.99. The standard InChI is InChI=1S/C13H19N5O3.ClH/c1-4-8-6-10(18(20)21)7-9(5-2)11(8)16-13(19)17-12(14)15-3;/h6-7H,4-5H2,1-3H3,(H4,14,15,16,17,19);1H. The lowest BCUT2D eigenvalue weighted by molar-refractivity contribution is -0.385. The Bertz CT molecular complexity index is 552. The maximum Gasteiger partial charge on any atom is 0.326 e. The number of rotatable bonds is 4. The molecule has 0 heterocycles. The van der Waals surface area contributed by atoms with Crippen molar-refractivity contribution in [2.75, 3.05) is 12.4 Å². The summed E-state index contributed by atoms with van der Waals surface area (Å²) in [7, 11) is 1.52. The van der Waals surface area contributed by atoms with Gasteiger partial charge in [0.15, 0.2) is 5.96 Å². The molecule has 0 aliphatic carbocycles. The summed E-state index contributed by atoms with van der Waals surface area (Å²) in [5.74, 6) is -0.134. The molecule has 0 bridgehead atoms. The van der Waals surface area contributed by atoms with Gasteiger partial charge in [-0.1, -0.05) is 13.8 Å². The van der Waals surface area contributed by atoms with E-state index in [0.717, 1.165) is 0 Å². The van der Waals surface area contributed by atoms with Crippen LogP contribution in [-0.4, -0.2) is 24.0 Å². The number of carbonyl (C=O) groups excluding carboxylic acids is 1. The summed E-state index contributed by atoms with van der Waals surface area (Å²) in [6, 6.07) is 2.35. The molecule has 0 saturated heterocycles. The summed E-state index contributed by atoms with van der Waals surface area (Å²) in [6.45, 7) is 3.72. The predicted octanol–water partition coefficient (Wildman–Crippen LogP) is 2.42. The van der Waals surface area contributed by atoms with Gasteiger partial charge in [0.1, 0.15) is 0 Å². The third-order valence-corrected chi connectivity index (χ3v) is 2.99. The average molecular weight is 330 g/mol. The number of nitrogens with one attached hydrogen (secondary N) is 4. The minimum atomic E-state index is -0.562. The minimum absolute atomic E-state index is 0. The predicted molar refractivity (Wildman–Crippen MR) is 88.0 cm³/mol. The van der Waals surface area contributed by atoms with Gasteiger partial charge in [-0.25, -0.2) is 4.79 Å². The zero-order valence-electron chi connectivity index (χ0n) is 12.6. The van der Waals surface area contributed by atoms with Crippen molar-refractivity contribution in [2.45, 2.75) is 26.7 Å². The highest BCUT2D eigenvalue weighted by Crippen LogP contribution is 2.28. The topological polar surface area (TPSA) is 120 Å². The molecule has 22 heavy (non-hydrogen) atoms. The number of nitro groups is 1. The van der Waals surface area contributed by atoms with Crippen molar-refractivity contribution in [2.24, 2.45) is 0 Å². The lowest BCUT2D eigenvalue weighted by Gasteiger charge is -2.15. The Hall–Kier alpha value is -2.35. The molecule has 1 aromatic rings. The number of halogens is 1. The summed E-state index contributed by atoms with van der Waals surface area (Å²) in [5, 5.41) is 25.7. The number of hydrogen-bond acceptors (Lipinski definition) is 4. The van der Waals surface area contributed by atoms with Crippen LogP contribution in [-0.2, 0) is 12.8 Å². The summed E-state index contributed by atoms with van der Waals surface area (Å²) in [5.41, 5.74) is 1.95. The number of urea groups is 1. The van der Waals surface area contributed by atoms with E-state index < -0.39 is 11.0 Å². The van der Waals surface area contributed by atoms with Gasteiger partial charge in [-0.2, -0.15) is 0 Å². The quantitative estimate of drug-likeness (QED) is 0.293. The van der Waals surface area contributed by atoms with E-state index in [1.165, 1.54) is 19.2 Å². The molecule has 8 nitrogen and oxygen atoms in total. The van der Waals surface area contributed by atoms with Gasteiger partial charge in [-0.3, -0.25) is 20.8 Å². The second-order valence-electron chi connectivity index (χ2n) is 4.31. The van der Waals surface area contributed by atoms with Crippen molar-refractivity contribution in [3.05, 3.63) is 33.4 Å². The molecule has 1 aromatic carbocycles. The molecule has 0 saturated carbocycles. The molecule has 122 valence electrons. The Morgan fingerprint density at radius 1 is 1.27 bits per heavy atom. The monoisotopic (exact) mass is 329 g/mol. The minimum Gasteiger partial charge on any atom is -0.359 e. The number of guanidine groups is 1. The van der Waals surface area contributed by atoms with Crippen LogP contribution in [0.5, 0.6) is 0 Å². The zero-order chi connectivity index (χ0) is 16.0. The Morgan fingerprint density at radius 3 is 2.14 bits per heavy atom. The second-order valence-corrected chi connectivity index (χ2v) is 4.31. The lowest BCUT2D eigenvalue weighted by Crippen LogP contribution is -2.40. The molecule has 0 spiro atoms. The van der Waals surface area contributed by atoms with Gasteiger partial charge in [-0.15, -0.1) is 12.4 Å². The van der Waals surface area contributed by atoms with E-state index in [1.54, 1.807) is 0 Å². The average Bonchev–Trinajstić information content (AvgIpc) is 2.46. The fourth-order valence-corrected chi connectivity index (χ4v) is 1.89. The number of nitro benzene ring substituents is 1. The normalized spacial score (nSPS) is 9.41. The van der Waals surface area contributed by atoms with Gasteiger partial charge in [0.05, 0.1) is 4.92 Å². The number of nitrogens with zero attached hydrogens (tertiary/aromatic N) is 1. The van der Waals surface area contributed by atoms with Crippen LogP contribution in [0.2, 0.25) is 0 Å². The van der Waals surface area contributed by atoms with Crippen molar-refractivity contribution in [3.8, 4) is 0 Å². The molecule has 0 aromatic heterocycles. The van der Waals surface area contributed by atoms with Crippen LogP contribution in [0.4, 0.5) is 16.2 Å². The highest BCUT2D eigenvalue weighted by molar-refractivity contribution is 6.02. The van der Waals surface area contributed by atoms with Crippen LogP contribution in [0, 0.1) is 15.5 Å². The second kappa shape index (κ2) is 8.83. The molecule has 0 aliphatic rings. The van der Waals surface area contributed by atoms with E-state index in [2.05, 4.69) is 16.0 Å². The first-order valence-corrected chi connectivity index (χ1v) is 6.57. The number of aryl methyl sites for hydroxylation is 2. The van der Waals surface area contributed by atoms with Gasteiger partial charge in [-0.05, 0) is 24.0 Å². The number of anilines is 1. The van der Waals surface area contributed by atoms with Crippen LogP contribution in [0.3, 0.4) is 0 Å². The number of benzene rings is 1. The molecule has 4 N–H and O–H groups in total. The highest BCUT2D eigenvalue weighted by atomic mass is 35.5. The largest absolute Gasteiger partial charge is 0.359 e. The molecule has 0 fully saturated rings.